The maximum absolute atomic E-state index is 11.9. The SMILES string of the molecule is COC(=O)/C(=C/c1ccc2cc(-c3c(OC)cccc3OC)ccc2c1)NC(C)=O. The molecule has 0 bridgehead atoms. The van der Waals surface area contributed by atoms with Crippen LogP contribution in [0.15, 0.2) is 60.3 Å². The van der Waals surface area contributed by atoms with E-state index in [0.29, 0.717) is 0 Å². The van der Waals surface area contributed by atoms with E-state index in [1.54, 1.807) is 20.3 Å². The van der Waals surface area contributed by atoms with Crippen molar-refractivity contribution in [2.45, 2.75) is 6.92 Å². The van der Waals surface area contributed by atoms with E-state index in [9.17, 15) is 9.59 Å². The average molecular weight is 405 g/mol. The van der Waals surface area contributed by atoms with Crippen molar-refractivity contribution < 1.29 is 23.8 Å². The number of carbonyl (C=O) groups excluding carboxylic acids is 2. The molecule has 1 N–H and O–H groups in total. The molecule has 0 saturated heterocycles. The highest BCUT2D eigenvalue weighted by molar-refractivity contribution is 5.98. The van der Waals surface area contributed by atoms with Crippen LogP contribution in [0.4, 0.5) is 0 Å². The molecule has 0 fully saturated rings. The second-order valence-corrected chi connectivity index (χ2v) is 6.59. The Morgan fingerprint density at radius 3 is 2.10 bits per heavy atom. The van der Waals surface area contributed by atoms with Crippen molar-refractivity contribution in [2.24, 2.45) is 0 Å². The number of benzene rings is 3. The van der Waals surface area contributed by atoms with E-state index < -0.39 is 5.97 Å². The Hall–Kier alpha value is -3.80. The second-order valence-electron chi connectivity index (χ2n) is 6.59. The Labute approximate surface area is 175 Å². The van der Waals surface area contributed by atoms with Crippen LogP contribution in [0.2, 0.25) is 0 Å². The predicted molar refractivity (Wildman–Crippen MR) is 116 cm³/mol. The summed E-state index contributed by atoms with van der Waals surface area (Å²) in [5.41, 5.74) is 2.69. The standard InChI is InChI=1S/C24H23NO5/c1-15(26)25-20(24(27)30-4)13-16-8-9-18-14-19(11-10-17(18)12-16)23-21(28-2)6-5-7-22(23)29-3/h5-14H,1-4H3,(H,25,26)/b20-13-. The zero-order valence-corrected chi connectivity index (χ0v) is 17.3. The summed E-state index contributed by atoms with van der Waals surface area (Å²) in [5, 5.41) is 4.49. The average Bonchev–Trinajstić information content (AvgIpc) is 2.76. The largest absolute Gasteiger partial charge is 0.496 e. The third kappa shape index (κ3) is 4.43. The molecule has 30 heavy (non-hydrogen) atoms. The van der Waals surface area contributed by atoms with Gasteiger partial charge in [-0.25, -0.2) is 4.79 Å². The number of fused-ring (bicyclic) bond motifs is 1. The molecular weight excluding hydrogens is 382 g/mol. The molecule has 6 heteroatoms. The lowest BCUT2D eigenvalue weighted by Crippen LogP contribution is -2.25. The quantitative estimate of drug-likeness (QED) is 0.492. The lowest BCUT2D eigenvalue weighted by Gasteiger charge is -2.14. The molecule has 0 aliphatic carbocycles. The van der Waals surface area contributed by atoms with Gasteiger partial charge in [-0.1, -0.05) is 30.3 Å². The second kappa shape index (κ2) is 9.13. The fourth-order valence-corrected chi connectivity index (χ4v) is 3.26. The first-order chi connectivity index (χ1) is 14.5. The van der Waals surface area contributed by atoms with E-state index in [4.69, 9.17) is 14.2 Å². The monoisotopic (exact) mass is 405 g/mol. The minimum Gasteiger partial charge on any atom is -0.496 e. The highest BCUT2D eigenvalue weighted by Gasteiger charge is 2.14. The first kappa shape index (κ1) is 20.9. The molecule has 154 valence electrons. The Bertz CT molecular complexity index is 1110. The van der Waals surface area contributed by atoms with Crippen molar-refractivity contribution in [1.29, 1.82) is 0 Å². The van der Waals surface area contributed by atoms with Gasteiger partial charge in [-0.2, -0.15) is 0 Å². The summed E-state index contributed by atoms with van der Waals surface area (Å²) in [5.74, 6) is 0.504. The number of esters is 1. The molecule has 0 saturated carbocycles. The summed E-state index contributed by atoms with van der Waals surface area (Å²) in [6, 6.07) is 17.5. The smallest absolute Gasteiger partial charge is 0.354 e. The molecule has 3 rings (SSSR count). The van der Waals surface area contributed by atoms with E-state index >= 15 is 0 Å². The zero-order valence-electron chi connectivity index (χ0n) is 17.3. The molecule has 1 amide bonds. The van der Waals surface area contributed by atoms with Crippen molar-refractivity contribution in [2.75, 3.05) is 21.3 Å². The lowest BCUT2D eigenvalue weighted by atomic mass is 9.98. The number of hydrogen-bond acceptors (Lipinski definition) is 5. The molecule has 0 aromatic heterocycles. The molecule has 3 aromatic rings. The Kier molecular flexibility index (Phi) is 6.37. The van der Waals surface area contributed by atoms with Gasteiger partial charge in [0.15, 0.2) is 0 Å². The van der Waals surface area contributed by atoms with Crippen LogP contribution in [-0.2, 0) is 14.3 Å². The van der Waals surface area contributed by atoms with Crippen molar-refractivity contribution in [1.82, 2.24) is 5.32 Å². The molecule has 0 heterocycles. The molecule has 0 unspecified atom stereocenters. The van der Waals surface area contributed by atoms with Crippen LogP contribution in [0.1, 0.15) is 12.5 Å². The van der Waals surface area contributed by atoms with Crippen molar-refractivity contribution in [3.8, 4) is 22.6 Å². The minimum absolute atomic E-state index is 0.0831. The van der Waals surface area contributed by atoms with Gasteiger partial charge in [0.05, 0.1) is 26.9 Å². The topological polar surface area (TPSA) is 73.9 Å². The molecule has 0 spiro atoms. The number of carbonyl (C=O) groups is 2. The Morgan fingerprint density at radius 2 is 1.50 bits per heavy atom. The van der Waals surface area contributed by atoms with E-state index in [2.05, 4.69) is 11.4 Å². The summed E-state index contributed by atoms with van der Waals surface area (Å²) >= 11 is 0. The summed E-state index contributed by atoms with van der Waals surface area (Å²) in [6.07, 6.45) is 1.59. The number of hydrogen-bond donors (Lipinski definition) is 1. The Balaban J connectivity index is 2.05. The van der Waals surface area contributed by atoms with Crippen LogP contribution in [-0.4, -0.2) is 33.2 Å². The molecule has 0 radical (unpaired) electrons. The van der Waals surface area contributed by atoms with Crippen LogP contribution < -0.4 is 14.8 Å². The first-order valence-electron chi connectivity index (χ1n) is 9.29. The van der Waals surface area contributed by atoms with Gasteiger partial charge in [0, 0.05) is 6.92 Å². The summed E-state index contributed by atoms with van der Waals surface area (Å²) in [6.45, 7) is 1.34. The van der Waals surface area contributed by atoms with Gasteiger partial charge >= 0.3 is 5.97 Å². The van der Waals surface area contributed by atoms with E-state index in [1.807, 2.05) is 48.5 Å². The molecule has 0 aliphatic rings. The minimum atomic E-state index is -0.607. The van der Waals surface area contributed by atoms with Crippen molar-refractivity contribution in [3.63, 3.8) is 0 Å². The van der Waals surface area contributed by atoms with Crippen LogP contribution in [0, 0.1) is 0 Å². The van der Waals surface area contributed by atoms with Gasteiger partial charge in [0.25, 0.3) is 0 Å². The fourth-order valence-electron chi connectivity index (χ4n) is 3.26. The molecule has 0 atom stereocenters. The van der Waals surface area contributed by atoms with Gasteiger partial charge in [-0.05, 0) is 52.2 Å². The lowest BCUT2D eigenvalue weighted by molar-refractivity contribution is -0.137. The number of rotatable bonds is 6. The third-order valence-corrected chi connectivity index (χ3v) is 4.61. The van der Waals surface area contributed by atoms with Crippen LogP contribution in [0.3, 0.4) is 0 Å². The van der Waals surface area contributed by atoms with Crippen LogP contribution in [0.5, 0.6) is 11.5 Å². The van der Waals surface area contributed by atoms with Crippen molar-refractivity contribution >= 4 is 28.7 Å². The number of amides is 1. The summed E-state index contributed by atoms with van der Waals surface area (Å²) < 4.78 is 15.8. The van der Waals surface area contributed by atoms with E-state index in [1.165, 1.54) is 14.0 Å². The number of ether oxygens (including phenoxy) is 3. The van der Waals surface area contributed by atoms with Gasteiger partial charge in [-0.3, -0.25) is 4.79 Å². The highest BCUT2D eigenvalue weighted by Crippen LogP contribution is 2.39. The zero-order chi connectivity index (χ0) is 21.7. The normalized spacial score (nSPS) is 11.1. The summed E-state index contributed by atoms with van der Waals surface area (Å²) in [4.78, 5) is 23.3. The maximum atomic E-state index is 11.9. The van der Waals surface area contributed by atoms with Crippen LogP contribution in [0.25, 0.3) is 28.0 Å². The van der Waals surface area contributed by atoms with E-state index in [-0.39, 0.29) is 11.6 Å². The van der Waals surface area contributed by atoms with Gasteiger partial charge in [0.2, 0.25) is 5.91 Å². The number of methoxy groups -OCH3 is 3. The van der Waals surface area contributed by atoms with Crippen LogP contribution >= 0.6 is 0 Å². The van der Waals surface area contributed by atoms with Gasteiger partial charge in [-0.15, -0.1) is 0 Å². The molecular formula is C24H23NO5. The Morgan fingerprint density at radius 1 is 0.867 bits per heavy atom. The fraction of sp³-hybridized carbons (Fsp3) is 0.167. The molecule has 3 aromatic carbocycles. The number of nitrogens with one attached hydrogen (secondary N) is 1. The van der Waals surface area contributed by atoms with Gasteiger partial charge < -0.3 is 19.5 Å². The third-order valence-electron chi connectivity index (χ3n) is 4.61. The molecule has 0 aliphatic heterocycles. The van der Waals surface area contributed by atoms with Crippen molar-refractivity contribution in [3.05, 3.63) is 65.9 Å². The molecule has 6 nitrogen and oxygen atoms in total. The summed E-state index contributed by atoms with van der Waals surface area (Å²) in [7, 11) is 4.53. The maximum Gasteiger partial charge on any atom is 0.354 e. The predicted octanol–water partition coefficient (Wildman–Crippen LogP) is 4.17. The first-order valence-corrected chi connectivity index (χ1v) is 9.29. The highest BCUT2D eigenvalue weighted by atomic mass is 16.5. The van der Waals surface area contributed by atoms with Gasteiger partial charge in [0.1, 0.15) is 17.2 Å². The van der Waals surface area contributed by atoms with E-state index in [0.717, 1.165) is 39.0 Å².